The Kier molecular flexibility index (Phi) is 40.4. The second kappa shape index (κ2) is 53.3. The lowest BCUT2D eigenvalue weighted by atomic mass is 9.75. The van der Waals surface area contributed by atoms with Crippen LogP contribution in [0, 0.1) is 0 Å². The van der Waals surface area contributed by atoms with Gasteiger partial charge in [0.15, 0.2) is 5.78 Å². The number of rotatable bonds is 16. The molecule has 0 amide bonds. The topological polar surface area (TPSA) is 624 Å². The zero-order valence-corrected chi connectivity index (χ0v) is 81.5. The Labute approximate surface area is 848 Å². The smallest absolute Gasteiger partial charge is 0.402 e. The number of hydrogen-bond donors (Lipinski definition) is 20. The van der Waals surface area contributed by atoms with Gasteiger partial charge in [-0.25, -0.2) is 16.8 Å². The molecule has 0 aromatic heterocycles. The van der Waals surface area contributed by atoms with E-state index in [2.05, 4.69) is 6.07 Å². The van der Waals surface area contributed by atoms with Crippen molar-refractivity contribution in [1.29, 1.82) is 0 Å². The van der Waals surface area contributed by atoms with E-state index in [-0.39, 0.29) is 36.5 Å². The van der Waals surface area contributed by atoms with Gasteiger partial charge in [0.2, 0.25) is 19.7 Å². The van der Waals surface area contributed by atoms with Crippen LogP contribution < -0.4 is 124 Å². The van der Waals surface area contributed by atoms with Crippen LogP contribution in [0.2, 0.25) is 0 Å². The fourth-order valence-electron chi connectivity index (χ4n) is 13.1. The van der Waals surface area contributed by atoms with Crippen molar-refractivity contribution in [2.45, 2.75) is 50.9 Å². The molecule has 40 N–H and O–H groups in total. The normalized spacial score (nSPS) is 10.5. The summed E-state index contributed by atoms with van der Waals surface area (Å²) in [5.41, 5.74) is 128. The summed E-state index contributed by atoms with van der Waals surface area (Å²) >= 11 is 0. The van der Waals surface area contributed by atoms with Crippen molar-refractivity contribution in [3.8, 4) is 23.0 Å². The number of nitrogen functional groups attached to an aromatic ring is 20. The minimum atomic E-state index is -4.43. The van der Waals surface area contributed by atoms with E-state index in [9.17, 15) is 34.8 Å². The second-order valence-electron chi connectivity index (χ2n) is 32.9. The third-order valence-corrected chi connectivity index (χ3v) is 24.7. The second-order valence-corrected chi connectivity index (χ2v) is 36.8. The van der Waals surface area contributed by atoms with Gasteiger partial charge in [0, 0.05) is 131 Å². The molecule has 0 saturated carbocycles. The van der Waals surface area contributed by atoms with Crippen LogP contribution in [0.3, 0.4) is 0 Å². The molecular formula is C114H119F3N20O7S2. The fourth-order valence-corrected chi connectivity index (χ4v) is 15.7. The maximum atomic E-state index is 13.6. The molecule has 750 valence electrons. The first-order valence-corrected chi connectivity index (χ1v) is 47.8. The maximum absolute atomic E-state index is 13.6. The van der Waals surface area contributed by atoms with Crippen LogP contribution in [0.15, 0.2) is 456 Å². The monoisotopic (exact) mass is 2000 g/mol. The SMILES string of the molecule is CC(c1ccc(N)cc1)(c1ccc(N)cc1)C(F)(F)F.Nc1ccc(C(=O)c2ccc(N)cc2)cc1.Nc1ccc(Cc2ccc(N)cc2)cc1.Nc1ccc(Cc2cccc(N)c2)cc1.Nc1ccc(N)cc1.Nc1ccc(Oc2ccc(N)cc2)cc1.Nc1ccc(Oc2cccc(N)c2)cc1.Nc1ccc(S(=O)(=O)c2ccc(N)cc2)cc1.Nc1cccc(N)c1.Nc1cccc(S(=O)(=O)c2cccc(N)c2)c1. The maximum Gasteiger partial charge on any atom is 0.402 e. The summed E-state index contributed by atoms with van der Waals surface area (Å²) in [6.07, 6.45) is -2.62. The predicted octanol–water partition coefficient (Wildman–Crippen LogP) is 21.0. The van der Waals surface area contributed by atoms with Crippen molar-refractivity contribution in [1.82, 2.24) is 0 Å². The van der Waals surface area contributed by atoms with Crippen LogP contribution in [-0.4, -0.2) is 28.8 Å². The van der Waals surface area contributed by atoms with Gasteiger partial charge in [-0.05, 0) is 387 Å². The minimum absolute atomic E-state index is 0.0278. The molecule has 18 aromatic carbocycles. The van der Waals surface area contributed by atoms with E-state index in [1.807, 2.05) is 152 Å². The molecule has 0 spiro atoms. The standard InChI is InChI=1S/C15H15F3N2.C13H12N2O.2C13H14N2.2C12H12N2O2S.2C12H12N2O.2C6H8N2/c1-14(15(16,17)18,10-2-6-12(19)7-3-10)11-4-8-13(20)9-5-11;14-11-5-1-9(2-6-11)13(16)10-3-7-12(15)8-4-10;14-12-5-1-10(2-6-12)9-11-3-7-13(15)8-4-11;14-12-6-4-10(5-7-12)8-11-2-1-3-13(15)9-11;13-9-1-5-11(6-2-9)17(15,16)12-7-3-10(14)4-8-12;13-9-3-1-5-11(7-9)17(15,16)12-6-2-4-10(14)8-12;13-9-1-5-11(6-2-9)15-12-7-3-10(14)4-8-12;13-9-4-6-11(7-5-9)15-12-3-1-2-10(14)8-12;7-5-1-2-6(8)4-3-5;7-5-2-1-3-6(8)4-5/h2-9H,19-20H2,1H3;1-8H,14-15H2;1-8H,9,14-15H2;1-7,9H,8,14-15H2;2*1-8H,13-14H2;2*1-8H,13-14H2;2*1-4H,7-8H2. The number of hydrogen-bond acceptors (Lipinski definition) is 27. The number of anilines is 20. The summed E-state index contributed by atoms with van der Waals surface area (Å²) in [6, 6.07) is 125. The first-order valence-electron chi connectivity index (χ1n) is 44.8. The van der Waals surface area contributed by atoms with E-state index in [0.717, 1.165) is 93.9 Å². The van der Waals surface area contributed by atoms with Gasteiger partial charge in [0.05, 0.1) is 19.6 Å². The Morgan fingerprint density at radius 2 is 0.425 bits per heavy atom. The summed E-state index contributed by atoms with van der Waals surface area (Å²) in [4.78, 5) is 12.8. The van der Waals surface area contributed by atoms with Crippen molar-refractivity contribution in [2.24, 2.45) is 0 Å². The summed E-state index contributed by atoms with van der Waals surface area (Å²) in [6.45, 7) is 1.16. The molecule has 32 heteroatoms. The van der Waals surface area contributed by atoms with Crippen molar-refractivity contribution >= 4 is 139 Å². The van der Waals surface area contributed by atoms with Gasteiger partial charge in [-0.15, -0.1) is 0 Å². The van der Waals surface area contributed by atoms with Crippen LogP contribution in [-0.2, 0) is 37.9 Å². The molecule has 0 atom stereocenters. The molecule has 146 heavy (non-hydrogen) atoms. The molecular weight excluding hydrogens is 1880 g/mol. The van der Waals surface area contributed by atoms with Gasteiger partial charge in [0.1, 0.15) is 28.4 Å². The molecule has 0 fully saturated rings. The molecule has 18 rings (SSSR count). The summed E-state index contributed by atoms with van der Waals surface area (Å²) in [5.74, 6) is 2.96. The van der Waals surface area contributed by atoms with Crippen molar-refractivity contribution < 1.29 is 44.3 Å². The van der Waals surface area contributed by atoms with E-state index in [1.54, 1.807) is 182 Å². The van der Waals surface area contributed by atoms with Crippen LogP contribution in [0.25, 0.3) is 0 Å². The molecule has 0 saturated heterocycles. The Morgan fingerprint density at radius 3 is 0.692 bits per heavy atom. The van der Waals surface area contributed by atoms with Crippen molar-refractivity contribution in [2.75, 3.05) is 115 Å². The highest BCUT2D eigenvalue weighted by molar-refractivity contribution is 7.91. The lowest BCUT2D eigenvalue weighted by Gasteiger charge is -2.33. The summed E-state index contributed by atoms with van der Waals surface area (Å²) < 4.78 is 101. The Hall–Kier alpha value is -19.1. The Morgan fingerprint density at radius 1 is 0.212 bits per heavy atom. The lowest BCUT2D eigenvalue weighted by Crippen LogP contribution is -2.40. The number of carbonyl (C=O) groups excluding carboxylic acids is 1. The molecule has 0 radical (unpaired) electrons. The number of benzene rings is 18. The highest BCUT2D eigenvalue weighted by Crippen LogP contribution is 2.46. The van der Waals surface area contributed by atoms with Crippen LogP contribution in [0.5, 0.6) is 23.0 Å². The number of carbonyl (C=O) groups is 1. The fraction of sp³-hybridized carbons (Fsp3) is 0.0439. The number of ketones is 1. The molecule has 27 nitrogen and oxygen atoms in total. The van der Waals surface area contributed by atoms with Gasteiger partial charge in [-0.1, -0.05) is 97.1 Å². The number of sulfone groups is 2. The Bertz CT molecular complexity index is 6880. The lowest BCUT2D eigenvalue weighted by molar-refractivity contribution is -0.173. The average molecular weight is 2000 g/mol. The van der Waals surface area contributed by atoms with E-state index in [1.165, 1.54) is 119 Å². The van der Waals surface area contributed by atoms with Gasteiger partial charge in [0.25, 0.3) is 0 Å². The summed E-state index contributed by atoms with van der Waals surface area (Å²) in [7, 11) is -7.03. The molecule has 0 aliphatic rings. The molecule has 0 heterocycles. The molecule has 0 bridgehead atoms. The van der Waals surface area contributed by atoms with Gasteiger partial charge in [-0.3, -0.25) is 4.79 Å². The number of ether oxygens (including phenoxy) is 2. The number of nitrogens with two attached hydrogens (primary N) is 20. The third kappa shape index (κ3) is 36.3. The van der Waals surface area contributed by atoms with E-state index in [4.69, 9.17) is 124 Å². The van der Waals surface area contributed by atoms with Crippen LogP contribution in [0.1, 0.15) is 56.2 Å². The molecule has 0 aliphatic heterocycles. The first kappa shape index (κ1) is 111. The summed E-state index contributed by atoms with van der Waals surface area (Å²) in [5, 5.41) is 0. The highest BCUT2D eigenvalue weighted by Gasteiger charge is 2.53. The number of alkyl halides is 3. The highest BCUT2D eigenvalue weighted by atomic mass is 32.2. The van der Waals surface area contributed by atoms with Gasteiger partial charge < -0.3 is 124 Å². The van der Waals surface area contributed by atoms with E-state index < -0.39 is 31.3 Å². The first-order chi connectivity index (χ1) is 69.4. The number of halogens is 3. The molecule has 0 aliphatic carbocycles. The van der Waals surface area contributed by atoms with Crippen molar-refractivity contribution in [3.63, 3.8) is 0 Å². The van der Waals surface area contributed by atoms with Crippen LogP contribution >= 0.6 is 0 Å². The van der Waals surface area contributed by atoms with Crippen LogP contribution in [0.4, 0.5) is 127 Å². The quantitative estimate of drug-likeness (QED) is 0.0315. The third-order valence-electron chi connectivity index (χ3n) is 21.1. The minimum Gasteiger partial charge on any atom is -0.457 e. The largest absolute Gasteiger partial charge is 0.457 e. The Balaban J connectivity index is 0.000000182. The zero-order valence-electron chi connectivity index (χ0n) is 79.8. The van der Waals surface area contributed by atoms with Crippen molar-refractivity contribution in [3.05, 3.63) is 481 Å². The molecule has 18 aromatic rings. The molecule has 0 unspecified atom stereocenters. The van der Waals surface area contributed by atoms with E-state index in [0.29, 0.717) is 73.7 Å². The van der Waals surface area contributed by atoms with Gasteiger partial charge in [-0.2, -0.15) is 13.2 Å². The average Bonchev–Trinajstić information content (AvgIpc) is 0.752. The predicted molar refractivity (Wildman–Crippen MR) is 597 cm³/mol. The zero-order chi connectivity index (χ0) is 106. The van der Waals surface area contributed by atoms with Gasteiger partial charge >= 0.3 is 6.18 Å². The van der Waals surface area contributed by atoms with E-state index >= 15 is 0 Å².